The molecule has 6 nitrogen and oxygen atoms in total. The predicted molar refractivity (Wildman–Crippen MR) is 72.9 cm³/mol. The van der Waals surface area contributed by atoms with E-state index in [1.807, 2.05) is 10.7 Å². The molecule has 20 heavy (non-hydrogen) atoms. The minimum atomic E-state index is 0.0188. The second kappa shape index (κ2) is 4.94. The van der Waals surface area contributed by atoms with Crippen molar-refractivity contribution in [2.45, 2.75) is 12.6 Å². The topological polar surface area (TPSA) is 66.8 Å². The van der Waals surface area contributed by atoms with Gasteiger partial charge in [0.15, 0.2) is 0 Å². The maximum atomic E-state index is 11.5. The smallest absolute Gasteiger partial charge is 0.250 e. The van der Waals surface area contributed by atoms with Crippen LogP contribution in [0, 0.1) is 11.3 Å². The van der Waals surface area contributed by atoms with Gasteiger partial charge in [-0.3, -0.25) is 14.4 Å². The van der Waals surface area contributed by atoms with Crippen molar-refractivity contribution >= 4 is 0 Å². The van der Waals surface area contributed by atoms with Gasteiger partial charge < -0.3 is 4.57 Å². The van der Waals surface area contributed by atoms with Gasteiger partial charge in [-0.15, -0.1) is 0 Å². The number of nitriles is 1. The molecular formula is C14H15N5O. The Balaban J connectivity index is 1.59. The Morgan fingerprint density at radius 2 is 2.30 bits per heavy atom. The first-order valence-electron chi connectivity index (χ1n) is 6.48. The molecule has 2 aromatic heterocycles. The lowest BCUT2D eigenvalue weighted by Crippen LogP contribution is -2.47. The zero-order valence-corrected chi connectivity index (χ0v) is 11.2. The summed E-state index contributed by atoms with van der Waals surface area (Å²) in [6.07, 6.45) is 5.16. The van der Waals surface area contributed by atoms with E-state index in [2.05, 4.69) is 16.1 Å². The highest BCUT2D eigenvalue weighted by atomic mass is 16.1. The summed E-state index contributed by atoms with van der Waals surface area (Å²) >= 11 is 0. The average Bonchev–Trinajstić information content (AvgIpc) is 2.86. The van der Waals surface area contributed by atoms with E-state index in [-0.39, 0.29) is 5.56 Å². The van der Waals surface area contributed by atoms with Gasteiger partial charge in [0.2, 0.25) is 0 Å². The summed E-state index contributed by atoms with van der Waals surface area (Å²) < 4.78 is 3.41. The average molecular weight is 269 g/mol. The van der Waals surface area contributed by atoms with E-state index in [4.69, 9.17) is 5.26 Å². The Labute approximate surface area is 116 Å². The van der Waals surface area contributed by atoms with Crippen LogP contribution >= 0.6 is 0 Å². The molecule has 1 saturated heterocycles. The fourth-order valence-electron chi connectivity index (χ4n) is 2.38. The van der Waals surface area contributed by atoms with Gasteiger partial charge in [-0.25, -0.2) is 0 Å². The molecule has 1 aliphatic heterocycles. The Morgan fingerprint density at radius 1 is 1.50 bits per heavy atom. The van der Waals surface area contributed by atoms with Crippen molar-refractivity contribution in [3.8, 4) is 6.07 Å². The molecule has 0 N–H and O–H groups in total. The molecule has 0 unspecified atom stereocenters. The largest absolute Gasteiger partial charge is 0.319 e. The highest BCUT2D eigenvalue weighted by molar-refractivity contribution is 5.22. The fourth-order valence-corrected chi connectivity index (χ4v) is 2.38. The third kappa shape index (κ3) is 2.36. The minimum Gasteiger partial charge on any atom is -0.319 e. The lowest BCUT2D eigenvalue weighted by molar-refractivity contribution is 0.0908. The molecule has 0 atom stereocenters. The third-order valence-corrected chi connectivity index (χ3v) is 3.62. The van der Waals surface area contributed by atoms with Crippen molar-refractivity contribution in [3.63, 3.8) is 0 Å². The van der Waals surface area contributed by atoms with Gasteiger partial charge in [0.05, 0.1) is 17.8 Å². The van der Waals surface area contributed by atoms with E-state index in [9.17, 15) is 4.79 Å². The molecule has 0 spiro atoms. The van der Waals surface area contributed by atoms with Gasteiger partial charge in [0, 0.05) is 45.1 Å². The number of hydrogen-bond acceptors (Lipinski definition) is 4. The van der Waals surface area contributed by atoms with Crippen molar-refractivity contribution in [3.05, 3.63) is 52.2 Å². The molecule has 2 aromatic rings. The summed E-state index contributed by atoms with van der Waals surface area (Å²) in [5.41, 5.74) is 1.64. The van der Waals surface area contributed by atoms with E-state index in [0.29, 0.717) is 11.6 Å². The van der Waals surface area contributed by atoms with Gasteiger partial charge in [0.25, 0.3) is 5.56 Å². The molecule has 1 aliphatic rings. The summed E-state index contributed by atoms with van der Waals surface area (Å²) in [7, 11) is 1.75. The molecule has 0 saturated carbocycles. The number of hydrogen-bond donors (Lipinski definition) is 0. The lowest BCUT2D eigenvalue weighted by Gasteiger charge is -2.39. The molecular weight excluding hydrogens is 254 g/mol. The van der Waals surface area contributed by atoms with Crippen LogP contribution in [0.5, 0.6) is 0 Å². The minimum absolute atomic E-state index is 0.0188. The summed E-state index contributed by atoms with van der Waals surface area (Å²) in [5, 5.41) is 13.0. The first-order valence-corrected chi connectivity index (χ1v) is 6.48. The number of pyridine rings is 1. The maximum absolute atomic E-state index is 11.5. The van der Waals surface area contributed by atoms with Crippen LogP contribution in [0.15, 0.2) is 35.5 Å². The Morgan fingerprint density at radius 3 is 2.95 bits per heavy atom. The van der Waals surface area contributed by atoms with E-state index in [1.54, 1.807) is 36.3 Å². The molecule has 6 heteroatoms. The number of likely N-dealkylation sites (tertiary alicyclic amines) is 1. The molecule has 0 bridgehead atoms. The van der Waals surface area contributed by atoms with Gasteiger partial charge in [-0.05, 0) is 11.6 Å². The second-order valence-electron chi connectivity index (χ2n) is 5.15. The predicted octanol–water partition coefficient (Wildman–Crippen LogP) is 0.510. The van der Waals surface area contributed by atoms with Gasteiger partial charge in [0.1, 0.15) is 6.07 Å². The van der Waals surface area contributed by atoms with Crippen LogP contribution in [0.4, 0.5) is 0 Å². The van der Waals surface area contributed by atoms with Crippen molar-refractivity contribution in [2.24, 2.45) is 7.05 Å². The third-order valence-electron chi connectivity index (χ3n) is 3.62. The maximum Gasteiger partial charge on any atom is 0.250 e. The highest BCUT2D eigenvalue weighted by Crippen LogP contribution is 2.22. The Hall–Kier alpha value is -2.39. The van der Waals surface area contributed by atoms with Crippen LogP contribution in [0.1, 0.15) is 17.2 Å². The standard InChI is InChI=1S/C14H15N5O/c1-17-3-2-11(4-14(17)20)7-18-9-13(10-18)19-8-12(5-15)6-16-19/h2-4,6,8,13H,7,9-10H2,1H3. The van der Waals surface area contributed by atoms with Crippen LogP contribution in [0.2, 0.25) is 0 Å². The first-order chi connectivity index (χ1) is 9.65. The Kier molecular flexibility index (Phi) is 3.12. The summed E-state index contributed by atoms with van der Waals surface area (Å²) in [4.78, 5) is 13.8. The molecule has 0 aliphatic carbocycles. The summed E-state index contributed by atoms with van der Waals surface area (Å²) in [6, 6.07) is 6.05. The quantitative estimate of drug-likeness (QED) is 0.814. The van der Waals surface area contributed by atoms with Crippen LogP contribution in [-0.2, 0) is 13.6 Å². The number of nitrogens with zero attached hydrogens (tertiary/aromatic N) is 5. The SMILES string of the molecule is Cn1ccc(CN2CC(n3cc(C#N)cn3)C2)cc1=O. The molecule has 0 aromatic carbocycles. The van der Waals surface area contributed by atoms with E-state index >= 15 is 0 Å². The fraction of sp³-hybridized carbons (Fsp3) is 0.357. The molecule has 0 radical (unpaired) electrons. The Bertz CT molecular complexity index is 718. The van der Waals surface area contributed by atoms with E-state index in [0.717, 1.165) is 25.2 Å². The molecule has 3 heterocycles. The number of aromatic nitrogens is 3. The normalized spacial score (nSPS) is 15.8. The molecule has 102 valence electrons. The highest BCUT2D eigenvalue weighted by Gasteiger charge is 2.28. The van der Waals surface area contributed by atoms with Crippen LogP contribution in [-0.4, -0.2) is 32.3 Å². The van der Waals surface area contributed by atoms with Crippen LogP contribution < -0.4 is 5.56 Å². The van der Waals surface area contributed by atoms with Gasteiger partial charge in [-0.1, -0.05) is 0 Å². The zero-order valence-electron chi connectivity index (χ0n) is 11.2. The van der Waals surface area contributed by atoms with E-state index in [1.165, 1.54) is 0 Å². The second-order valence-corrected chi connectivity index (χ2v) is 5.15. The van der Waals surface area contributed by atoms with Crippen molar-refractivity contribution in [1.82, 2.24) is 19.2 Å². The molecule has 0 amide bonds. The number of rotatable bonds is 3. The zero-order chi connectivity index (χ0) is 14.1. The van der Waals surface area contributed by atoms with Crippen molar-refractivity contribution in [2.75, 3.05) is 13.1 Å². The number of aryl methyl sites for hydroxylation is 1. The van der Waals surface area contributed by atoms with E-state index < -0.39 is 0 Å². The monoisotopic (exact) mass is 269 g/mol. The van der Waals surface area contributed by atoms with Crippen LogP contribution in [0.25, 0.3) is 0 Å². The van der Waals surface area contributed by atoms with Crippen molar-refractivity contribution < 1.29 is 0 Å². The van der Waals surface area contributed by atoms with Crippen molar-refractivity contribution in [1.29, 1.82) is 5.26 Å². The first kappa shape index (κ1) is 12.6. The lowest BCUT2D eigenvalue weighted by atomic mass is 10.1. The van der Waals surface area contributed by atoms with Gasteiger partial charge in [-0.2, -0.15) is 10.4 Å². The molecule has 1 fully saturated rings. The van der Waals surface area contributed by atoms with Gasteiger partial charge >= 0.3 is 0 Å². The summed E-state index contributed by atoms with van der Waals surface area (Å²) in [6.45, 7) is 2.56. The van der Waals surface area contributed by atoms with Crippen LogP contribution in [0.3, 0.4) is 0 Å². The summed E-state index contributed by atoms with van der Waals surface area (Å²) in [5.74, 6) is 0. The molecule has 3 rings (SSSR count).